The predicted octanol–water partition coefficient (Wildman–Crippen LogP) is 2.98. The van der Waals surface area contributed by atoms with Crippen LogP contribution in [0.2, 0.25) is 0 Å². The van der Waals surface area contributed by atoms with Crippen LogP contribution in [-0.2, 0) is 0 Å². The normalized spacial score (nSPS) is 28.7. The number of hydrogen-bond acceptors (Lipinski definition) is 3. The lowest BCUT2D eigenvalue weighted by molar-refractivity contribution is 0.126. The Kier molecular flexibility index (Phi) is 3.00. The molecule has 3 nitrogen and oxygen atoms in total. The summed E-state index contributed by atoms with van der Waals surface area (Å²) in [5.41, 5.74) is 2.20. The number of benzene rings is 1. The van der Waals surface area contributed by atoms with E-state index >= 15 is 0 Å². The van der Waals surface area contributed by atoms with E-state index in [1.165, 1.54) is 0 Å². The van der Waals surface area contributed by atoms with E-state index in [-0.39, 0.29) is 6.10 Å². The molecule has 1 aliphatic heterocycles. The summed E-state index contributed by atoms with van der Waals surface area (Å²) in [6.45, 7) is 2.41. The minimum atomic E-state index is -0.302. The van der Waals surface area contributed by atoms with E-state index in [4.69, 9.17) is 9.47 Å². The van der Waals surface area contributed by atoms with Gasteiger partial charge in [0.1, 0.15) is 0 Å². The van der Waals surface area contributed by atoms with Crippen molar-refractivity contribution in [2.24, 2.45) is 5.92 Å². The van der Waals surface area contributed by atoms with Crippen LogP contribution in [0.5, 0.6) is 11.5 Å². The quantitative estimate of drug-likeness (QED) is 0.828. The van der Waals surface area contributed by atoms with Crippen LogP contribution >= 0.6 is 0 Å². The van der Waals surface area contributed by atoms with Gasteiger partial charge in [0.2, 0.25) is 6.79 Å². The first-order valence-electron chi connectivity index (χ1n) is 6.52. The van der Waals surface area contributed by atoms with Crippen LogP contribution in [0, 0.1) is 5.92 Å². The molecule has 0 radical (unpaired) electrons. The fraction of sp³-hybridized carbons (Fsp3) is 0.467. The summed E-state index contributed by atoms with van der Waals surface area (Å²) in [5, 5.41) is 10.2. The van der Waals surface area contributed by atoms with Gasteiger partial charge in [0.25, 0.3) is 0 Å². The monoisotopic (exact) mass is 246 g/mol. The molecule has 1 aromatic carbocycles. The average molecular weight is 246 g/mol. The third kappa shape index (κ3) is 2.10. The zero-order valence-corrected chi connectivity index (χ0v) is 10.6. The standard InChI is InChI=1S/C15H18O3/c1-10-3-2-4-12(15(10)16)7-11-5-6-13-14(8-11)18-9-17-13/h5-8,10,15-16H,2-4,9H2,1H3/b12-7-. The summed E-state index contributed by atoms with van der Waals surface area (Å²) >= 11 is 0. The highest BCUT2D eigenvalue weighted by atomic mass is 16.7. The van der Waals surface area contributed by atoms with Crippen molar-refractivity contribution in [3.63, 3.8) is 0 Å². The number of hydrogen-bond donors (Lipinski definition) is 1. The third-order valence-electron chi connectivity index (χ3n) is 3.79. The summed E-state index contributed by atoms with van der Waals surface area (Å²) < 4.78 is 10.7. The highest BCUT2D eigenvalue weighted by Crippen LogP contribution is 2.35. The molecule has 96 valence electrons. The van der Waals surface area contributed by atoms with E-state index in [0.29, 0.717) is 12.7 Å². The Balaban J connectivity index is 1.86. The van der Waals surface area contributed by atoms with Crippen molar-refractivity contribution in [1.29, 1.82) is 0 Å². The maximum absolute atomic E-state index is 10.2. The lowest BCUT2D eigenvalue weighted by atomic mass is 9.83. The van der Waals surface area contributed by atoms with Crippen LogP contribution in [0.25, 0.3) is 6.08 Å². The second-order valence-corrected chi connectivity index (χ2v) is 5.15. The Bertz CT molecular complexity index is 479. The molecule has 1 aromatic rings. The van der Waals surface area contributed by atoms with Crippen molar-refractivity contribution in [3.05, 3.63) is 29.3 Å². The smallest absolute Gasteiger partial charge is 0.231 e. The number of rotatable bonds is 1. The van der Waals surface area contributed by atoms with Crippen LogP contribution in [0.4, 0.5) is 0 Å². The van der Waals surface area contributed by atoms with Crippen molar-refractivity contribution < 1.29 is 14.6 Å². The molecule has 0 aromatic heterocycles. The van der Waals surface area contributed by atoms with Crippen LogP contribution in [0.15, 0.2) is 23.8 Å². The van der Waals surface area contributed by atoms with Gasteiger partial charge in [-0.15, -0.1) is 0 Å². The van der Waals surface area contributed by atoms with E-state index in [9.17, 15) is 5.11 Å². The fourth-order valence-electron chi connectivity index (χ4n) is 2.67. The molecule has 3 heteroatoms. The molecular weight excluding hydrogens is 228 g/mol. The second kappa shape index (κ2) is 4.65. The van der Waals surface area contributed by atoms with E-state index in [0.717, 1.165) is 41.9 Å². The minimum Gasteiger partial charge on any atom is -0.454 e. The molecule has 0 amide bonds. The molecule has 0 bridgehead atoms. The molecule has 3 rings (SSSR count). The van der Waals surface area contributed by atoms with Crippen LogP contribution < -0.4 is 9.47 Å². The van der Waals surface area contributed by atoms with Crippen LogP contribution in [0.1, 0.15) is 31.7 Å². The van der Waals surface area contributed by atoms with Gasteiger partial charge >= 0.3 is 0 Å². The van der Waals surface area contributed by atoms with E-state index in [1.54, 1.807) is 0 Å². The minimum absolute atomic E-state index is 0.301. The highest BCUT2D eigenvalue weighted by Gasteiger charge is 2.23. The first kappa shape index (κ1) is 11.6. The second-order valence-electron chi connectivity index (χ2n) is 5.15. The van der Waals surface area contributed by atoms with Crippen LogP contribution in [-0.4, -0.2) is 18.0 Å². The van der Waals surface area contributed by atoms with Gasteiger partial charge in [-0.25, -0.2) is 0 Å². The lowest BCUT2D eigenvalue weighted by Gasteiger charge is -2.27. The zero-order valence-electron chi connectivity index (χ0n) is 10.6. The van der Waals surface area contributed by atoms with Gasteiger partial charge in [-0.2, -0.15) is 0 Å². The van der Waals surface area contributed by atoms with Gasteiger partial charge in [0, 0.05) is 0 Å². The Morgan fingerprint density at radius 2 is 2.11 bits per heavy atom. The van der Waals surface area contributed by atoms with Crippen molar-refractivity contribution >= 4 is 6.08 Å². The average Bonchev–Trinajstić information content (AvgIpc) is 2.82. The van der Waals surface area contributed by atoms with E-state index < -0.39 is 0 Å². The molecule has 1 heterocycles. The number of aliphatic hydroxyl groups excluding tert-OH is 1. The fourth-order valence-corrected chi connectivity index (χ4v) is 2.67. The first-order chi connectivity index (χ1) is 8.74. The van der Waals surface area contributed by atoms with Crippen molar-refractivity contribution in [1.82, 2.24) is 0 Å². The number of aliphatic hydroxyl groups is 1. The summed E-state index contributed by atoms with van der Waals surface area (Å²) in [4.78, 5) is 0. The summed E-state index contributed by atoms with van der Waals surface area (Å²) in [6.07, 6.45) is 5.04. The van der Waals surface area contributed by atoms with Gasteiger partial charge in [-0.3, -0.25) is 0 Å². The summed E-state index contributed by atoms with van der Waals surface area (Å²) in [6, 6.07) is 5.90. The Morgan fingerprint density at radius 3 is 3.00 bits per heavy atom. The van der Waals surface area contributed by atoms with Gasteiger partial charge in [-0.05, 0) is 48.4 Å². The number of fused-ring (bicyclic) bond motifs is 1. The lowest BCUT2D eigenvalue weighted by Crippen LogP contribution is -2.24. The topological polar surface area (TPSA) is 38.7 Å². The maximum Gasteiger partial charge on any atom is 0.231 e. The molecule has 18 heavy (non-hydrogen) atoms. The maximum atomic E-state index is 10.2. The van der Waals surface area contributed by atoms with Crippen molar-refractivity contribution in [2.45, 2.75) is 32.3 Å². The third-order valence-corrected chi connectivity index (χ3v) is 3.79. The van der Waals surface area contributed by atoms with Crippen LogP contribution in [0.3, 0.4) is 0 Å². The van der Waals surface area contributed by atoms with Gasteiger partial charge < -0.3 is 14.6 Å². The van der Waals surface area contributed by atoms with E-state index in [1.807, 2.05) is 18.2 Å². The SMILES string of the molecule is CC1CCC/C(=C/c2ccc3c(c2)OCO3)C1O. The Morgan fingerprint density at radius 1 is 1.28 bits per heavy atom. The van der Waals surface area contributed by atoms with Crippen molar-refractivity contribution in [2.75, 3.05) is 6.79 Å². The molecule has 0 spiro atoms. The largest absolute Gasteiger partial charge is 0.454 e. The molecular formula is C15H18O3. The first-order valence-corrected chi connectivity index (χ1v) is 6.52. The molecule has 2 atom stereocenters. The molecule has 1 aliphatic carbocycles. The molecule has 2 aliphatic rings. The molecule has 1 N–H and O–H groups in total. The molecule has 2 unspecified atom stereocenters. The summed E-state index contributed by atoms with van der Waals surface area (Å²) in [7, 11) is 0. The highest BCUT2D eigenvalue weighted by molar-refractivity contribution is 5.59. The van der Waals surface area contributed by atoms with E-state index in [2.05, 4.69) is 13.0 Å². The molecule has 1 saturated carbocycles. The molecule has 0 saturated heterocycles. The zero-order chi connectivity index (χ0) is 12.5. The number of ether oxygens (including phenoxy) is 2. The Labute approximate surface area is 107 Å². The van der Waals surface area contributed by atoms with Gasteiger partial charge in [0.15, 0.2) is 11.5 Å². The summed E-state index contributed by atoms with van der Waals surface area (Å²) in [5.74, 6) is 1.96. The predicted molar refractivity (Wildman–Crippen MR) is 69.6 cm³/mol. The van der Waals surface area contributed by atoms with Gasteiger partial charge in [0.05, 0.1) is 6.10 Å². The van der Waals surface area contributed by atoms with Gasteiger partial charge in [-0.1, -0.05) is 19.1 Å². The molecule has 1 fully saturated rings. The van der Waals surface area contributed by atoms with Crippen molar-refractivity contribution in [3.8, 4) is 11.5 Å². The Hall–Kier alpha value is -1.48.